The van der Waals surface area contributed by atoms with E-state index in [2.05, 4.69) is 51.7 Å². The number of hydrogen-bond acceptors (Lipinski definition) is 4. The molecule has 0 aromatic carbocycles. The fourth-order valence-corrected chi connectivity index (χ4v) is 3.18. The Labute approximate surface area is 149 Å². The Morgan fingerprint density at radius 3 is 2.83 bits per heavy atom. The maximum Gasteiger partial charge on any atom is 0.305 e. The first-order valence-electron chi connectivity index (χ1n) is 8.77. The van der Waals surface area contributed by atoms with Crippen LogP contribution in [-0.2, 0) is 16.0 Å². The Hall–Kier alpha value is -1.56. The third kappa shape index (κ3) is 9.55. The number of nitrogens with zero attached hydrogens (tertiary/aromatic N) is 1. The average Bonchev–Trinajstić information content (AvgIpc) is 3.08. The molecule has 0 aliphatic rings. The molecule has 0 saturated carbocycles. The highest BCUT2D eigenvalue weighted by molar-refractivity contribution is 7.09. The van der Waals surface area contributed by atoms with Gasteiger partial charge >= 0.3 is 5.97 Å². The molecule has 1 aromatic heterocycles. The number of rotatable bonds is 11. The van der Waals surface area contributed by atoms with E-state index in [9.17, 15) is 4.79 Å². The van der Waals surface area contributed by atoms with Gasteiger partial charge in [0.1, 0.15) is 0 Å². The number of carbonyl (C=O) groups excluding carboxylic acids is 1. The predicted molar refractivity (Wildman–Crippen MR) is 102 cm³/mol. The molecular formula is C18H31N3O2S. The molecule has 1 rings (SSSR count). The summed E-state index contributed by atoms with van der Waals surface area (Å²) in [7, 11) is 1.43. The van der Waals surface area contributed by atoms with E-state index >= 15 is 0 Å². The lowest BCUT2D eigenvalue weighted by molar-refractivity contribution is -0.140. The standard InChI is InChI=1S/C18H31N3O2S/c1-4-19-18(20-11-7-5-6-10-17(22)23-3)21-14-15(2)13-16-9-8-12-24-16/h8-9,12,15H,4-7,10-11,13-14H2,1-3H3,(H2,19,20,21). The van der Waals surface area contributed by atoms with Crippen molar-refractivity contribution < 1.29 is 9.53 Å². The first kappa shape index (κ1) is 20.5. The predicted octanol–water partition coefficient (Wildman–Crippen LogP) is 3.22. The summed E-state index contributed by atoms with van der Waals surface area (Å²) in [5, 5.41) is 8.77. The lowest BCUT2D eigenvalue weighted by Crippen LogP contribution is -2.38. The fraction of sp³-hybridized carbons (Fsp3) is 0.667. The van der Waals surface area contributed by atoms with Crippen LogP contribution >= 0.6 is 11.3 Å². The molecule has 1 atom stereocenters. The number of aliphatic imine (C=N–C) groups is 1. The number of unbranched alkanes of at least 4 members (excludes halogenated alkanes) is 2. The Morgan fingerprint density at radius 2 is 2.17 bits per heavy atom. The van der Waals surface area contributed by atoms with Crippen molar-refractivity contribution in [2.75, 3.05) is 26.7 Å². The zero-order valence-corrected chi connectivity index (χ0v) is 16.0. The van der Waals surface area contributed by atoms with Crippen molar-refractivity contribution in [1.29, 1.82) is 0 Å². The van der Waals surface area contributed by atoms with Crippen LogP contribution in [-0.4, -0.2) is 38.7 Å². The topological polar surface area (TPSA) is 62.7 Å². The van der Waals surface area contributed by atoms with Gasteiger partial charge in [-0.1, -0.05) is 19.4 Å². The van der Waals surface area contributed by atoms with Gasteiger partial charge in [-0.3, -0.25) is 9.79 Å². The molecule has 0 saturated heterocycles. The van der Waals surface area contributed by atoms with Gasteiger partial charge in [0.2, 0.25) is 0 Å². The molecule has 1 unspecified atom stereocenters. The van der Waals surface area contributed by atoms with Crippen LogP contribution < -0.4 is 10.6 Å². The second-order valence-corrected chi connectivity index (χ2v) is 6.95. The number of methoxy groups -OCH3 is 1. The van der Waals surface area contributed by atoms with E-state index in [0.717, 1.165) is 51.3 Å². The van der Waals surface area contributed by atoms with Crippen molar-refractivity contribution >= 4 is 23.3 Å². The third-order valence-electron chi connectivity index (χ3n) is 3.61. The van der Waals surface area contributed by atoms with Crippen molar-refractivity contribution in [1.82, 2.24) is 10.6 Å². The first-order valence-corrected chi connectivity index (χ1v) is 9.65. The molecule has 1 heterocycles. The summed E-state index contributed by atoms with van der Waals surface area (Å²) >= 11 is 1.81. The molecule has 2 N–H and O–H groups in total. The van der Waals surface area contributed by atoms with Gasteiger partial charge in [-0.15, -0.1) is 11.3 Å². The van der Waals surface area contributed by atoms with Crippen molar-refractivity contribution in [2.45, 2.75) is 46.0 Å². The number of thiophene rings is 1. The summed E-state index contributed by atoms with van der Waals surface area (Å²) in [4.78, 5) is 17.1. The Morgan fingerprint density at radius 1 is 1.33 bits per heavy atom. The van der Waals surface area contributed by atoms with Crippen molar-refractivity contribution in [3.05, 3.63) is 22.4 Å². The summed E-state index contributed by atoms with van der Waals surface area (Å²) in [6.07, 6.45) is 4.49. The van der Waals surface area contributed by atoms with Gasteiger partial charge in [0, 0.05) is 30.9 Å². The lowest BCUT2D eigenvalue weighted by Gasteiger charge is -2.13. The van der Waals surface area contributed by atoms with E-state index in [1.165, 1.54) is 12.0 Å². The number of hydrogen-bond donors (Lipinski definition) is 2. The Kier molecular flexibility index (Phi) is 10.9. The lowest BCUT2D eigenvalue weighted by atomic mass is 10.1. The molecule has 6 heteroatoms. The molecule has 0 spiro atoms. The maximum absolute atomic E-state index is 11.0. The average molecular weight is 354 g/mol. The highest BCUT2D eigenvalue weighted by Gasteiger charge is 2.05. The highest BCUT2D eigenvalue weighted by Crippen LogP contribution is 2.14. The van der Waals surface area contributed by atoms with Gasteiger partial charge in [0.25, 0.3) is 0 Å². The Bertz CT molecular complexity index is 475. The van der Waals surface area contributed by atoms with Crippen LogP contribution in [0.2, 0.25) is 0 Å². The van der Waals surface area contributed by atoms with Gasteiger partial charge in [-0.05, 0) is 43.6 Å². The molecule has 136 valence electrons. The van der Waals surface area contributed by atoms with Crippen LogP contribution in [0.3, 0.4) is 0 Å². The van der Waals surface area contributed by atoms with Gasteiger partial charge in [0.15, 0.2) is 5.96 Å². The van der Waals surface area contributed by atoms with Crippen LogP contribution in [0.15, 0.2) is 22.5 Å². The van der Waals surface area contributed by atoms with E-state index in [0.29, 0.717) is 12.3 Å². The first-order chi connectivity index (χ1) is 11.7. The molecular weight excluding hydrogens is 322 g/mol. The summed E-state index contributed by atoms with van der Waals surface area (Å²) in [5.74, 6) is 1.28. The third-order valence-corrected chi connectivity index (χ3v) is 4.51. The zero-order chi connectivity index (χ0) is 17.6. The summed E-state index contributed by atoms with van der Waals surface area (Å²) < 4.78 is 4.64. The van der Waals surface area contributed by atoms with Gasteiger partial charge in [-0.25, -0.2) is 0 Å². The number of carbonyl (C=O) groups is 1. The van der Waals surface area contributed by atoms with Crippen LogP contribution in [0.4, 0.5) is 0 Å². The van der Waals surface area contributed by atoms with E-state index in [4.69, 9.17) is 0 Å². The molecule has 0 aliphatic heterocycles. The monoisotopic (exact) mass is 353 g/mol. The van der Waals surface area contributed by atoms with Crippen LogP contribution in [0.1, 0.15) is 44.4 Å². The van der Waals surface area contributed by atoms with E-state index < -0.39 is 0 Å². The summed E-state index contributed by atoms with van der Waals surface area (Å²) in [6.45, 7) is 6.84. The second kappa shape index (κ2) is 12.8. The minimum absolute atomic E-state index is 0.127. The smallest absolute Gasteiger partial charge is 0.305 e. The normalized spacial score (nSPS) is 12.7. The largest absolute Gasteiger partial charge is 0.469 e. The maximum atomic E-state index is 11.0. The quantitative estimate of drug-likeness (QED) is 0.277. The second-order valence-electron chi connectivity index (χ2n) is 5.92. The molecule has 0 aliphatic carbocycles. The molecule has 0 amide bonds. The zero-order valence-electron chi connectivity index (χ0n) is 15.1. The molecule has 0 fully saturated rings. The van der Waals surface area contributed by atoms with E-state index in [1.807, 2.05) is 11.3 Å². The highest BCUT2D eigenvalue weighted by atomic mass is 32.1. The van der Waals surface area contributed by atoms with Gasteiger partial charge in [0.05, 0.1) is 7.11 Å². The number of guanidine groups is 1. The Balaban J connectivity index is 2.22. The number of esters is 1. The SMILES string of the molecule is CCNC(=NCC(C)Cc1cccs1)NCCCCCC(=O)OC. The molecule has 1 aromatic rings. The van der Waals surface area contributed by atoms with Gasteiger partial charge < -0.3 is 15.4 Å². The fourth-order valence-electron chi connectivity index (χ4n) is 2.31. The summed E-state index contributed by atoms with van der Waals surface area (Å²) in [6, 6.07) is 4.28. The van der Waals surface area contributed by atoms with Crippen LogP contribution in [0, 0.1) is 5.92 Å². The van der Waals surface area contributed by atoms with Gasteiger partial charge in [-0.2, -0.15) is 0 Å². The summed E-state index contributed by atoms with van der Waals surface area (Å²) in [5.41, 5.74) is 0. The van der Waals surface area contributed by atoms with Crippen molar-refractivity contribution in [3.8, 4) is 0 Å². The molecule has 0 radical (unpaired) electrons. The van der Waals surface area contributed by atoms with Crippen molar-refractivity contribution in [3.63, 3.8) is 0 Å². The molecule has 5 nitrogen and oxygen atoms in total. The minimum Gasteiger partial charge on any atom is -0.469 e. The molecule has 24 heavy (non-hydrogen) atoms. The van der Waals surface area contributed by atoms with Crippen LogP contribution in [0.5, 0.6) is 0 Å². The van der Waals surface area contributed by atoms with E-state index in [1.54, 1.807) is 0 Å². The van der Waals surface area contributed by atoms with Crippen LogP contribution in [0.25, 0.3) is 0 Å². The number of ether oxygens (including phenoxy) is 1. The minimum atomic E-state index is -0.127. The molecule has 0 bridgehead atoms. The van der Waals surface area contributed by atoms with Crippen molar-refractivity contribution in [2.24, 2.45) is 10.9 Å². The number of nitrogens with one attached hydrogen (secondary N) is 2. The van der Waals surface area contributed by atoms with E-state index in [-0.39, 0.29) is 5.97 Å².